The van der Waals surface area contributed by atoms with E-state index in [1.807, 2.05) is 12.3 Å². The minimum atomic E-state index is -0.193. The summed E-state index contributed by atoms with van der Waals surface area (Å²) in [5.74, 6) is 0.506. The molecule has 0 spiro atoms. The minimum Gasteiger partial charge on any atom is -0.392 e. The van der Waals surface area contributed by atoms with Crippen molar-refractivity contribution < 1.29 is 5.11 Å². The fourth-order valence-corrected chi connectivity index (χ4v) is 2.44. The highest BCUT2D eigenvalue weighted by atomic mass is 16.3. The zero-order chi connectivity index (χ0) is 10.7. The van der Waals surface area contributed by atoms with Crippen molar-refractivity contribution >= 4 is 0 Å². The molecular weight excluding hydrogens is 186 g/mol. The largest absolute Gasteiger partial charge is 0.392 e. The van der Waals surface area contributed by atoms with E-state index < -0.39 is 0 Å². The first-order chi connectivity index (χ1) is 7.27. The Morgan fingerprint density at radius 3 is 2.87 bits per heavy atom. The molecule has 2 rings (SSSR count). The smallest absolute Gasteiger partial charge is 0.0623 e. The summed E-state index contributed by atoms with van der Waals surface area (Å²) in [5, 5.41) is 10.1. The van der Waals surface area contributed by atoms with Crippen molar-refractivity contribution in [3.8, 4) is 0 Å². The molecule has 0 aromatic carbocycles. The Morgan fingerprint density at radius 2 is 2.20 bits per heavy atom. The Bertz CT molecular complexity index is 318. The van der Waals surface area contributed by atoms with Crippen LogP contribution in [0.1, 0.15) is 36.9 Å². The van der Waals surface area contributed by atoms with Gasteiger partial charge in [-0.15, -0.1) is 0 Å². The van der Waals surface area contributed by atoms with Gasteiger partial charge in [0.15, 0.2) is 0 Å². The summed E-state index contributed by atoms with van der Waals surface area (Å²) in [5.41, 5.74) is 2.24. The molecule has 1 aliphatic carbocycles. The number of rotatable bonds is 3. The van der Waals surface area contributed by atoms with Crippen molar-refractivity contribution in [2.75, 3.05) is 0 Å². The van der Waals surface area contributed by atoms with E-state index in [4.69, 9.17) is 0 Å². The summed E-state index contributed by atoms with van der Waals surface area (Å²) in [4.78, 5) is 4.33. The lowest BCUT2D eigenvalue weighted by Crippen LogP contribution is -2.21. The van der Waals surface area contributed by atoms with Crippen LogP contribution in [-0.4, -0.2) is 16.2 Å². The molecule has 0 bridgehead atoms. The molecule has 0 amide bonds. The van der Waals surface area contributed by atoms with E-state index in [1.165, 1.54) is 31.2 Å². The summed E-state index contributed by atoms with van der Waals surface area (Å²) >= 11 is 0. The van der Waals surface area contributed by atoms with Crippen LogP contribution in [0.2, 0.25) is 0 Å². The lowest BCUT2D eigenvalue weighted by molar-refractivity contribution is 0.110. The van der Waals surface area contributed by atoms with Gasteiger partial charge in [-0.3, -0.25) is 4.98 Å². The summed E-state index contributed by atoms with van der Waals surface area (Å²) in [6, 6.07) is 4.00. The topological polar surface area (TPSA) is 33.1 Å². The van der Waals surface area contributed by atoms with Crippen LogP contribution in [0.3, 0.4) is 0 Å². The second-order valence-corrected chi connectivity index (χ2v) is 4.58. The van der Waals surface area contributed by atoms with Crippen molar-refractivity contribution in [1.82, 2.24) is 4.98 Å². The predicted octanol–water partition coefficient (Wildman–Crippen LogP) is 2.48. The molecule has 1 aromatic heterocycles. The van der Waals surface area contributed by atoms with E-state index in [0.29, 0.717) is 5.92 Å². The van der Waals surface area contributed by atoms with E-state index in [2.05, 4.69) is 18.0 Å². The number of aromatic nitrogens is 1. The van der Waals surface area contributed by atoms with Gasteiger partial charge in [-0.2, -0.15) is 0 Å². The molecule has 2 nitrogen and oxygen atoms in total. The first-order valence-corrected chi connectivity index (χ1v) is 5.86. The Kier molecular flexibility index (Phi) is 3.37. The van der Waals surface area contributed by atoms with Crippen molar-refractivity contribution in [3.05, 3.63) is 29.6 Å². The average molecular weight is 205 g/mol. The zero-order valence-corrected chi connectivity index (χ0v) is 9.32. The Morgan fingerprint density at radius 1 is 1.47 bits per heavy atom. The van der Waals surface area contributed by atoms with E-state index in [1.54, 1.807) is 0 Å². The SMILES string of the molecule is Cc1cccnc1CC(O)C1CCCC1. The highest BCUT2D eigenvalue weighted by molar-refractivity contribution is 5.18. The molecule has 1 unspecified atom stereocenters. The van der Waals surface area contributed by atoms with E-state index in [0.717, 1.165) is 12.1 Å². The molecule has 15 heavy (non-hydrogen) atoms. The summed E-state index contributed by atoms with van der Waals surface area (Å²) in [6.45, 7) is 2.06. The van der Waals surface area contributed by atoms with E-state index >= 15 is 0 Å². The molecule has 1 N–H and O–H groups in total. The minimum absolute atomic E-state index is 0.193. The third-order valence-electron chi connectivity index (χ3n) is 3.46. The quantitative estimate of drug-likeness (QED) is 0.822. The van der Waals surface area contributed by atoms with E-state index in [-0.39, 0.29) is 6.10 Å². The van der Waals surface area contributed by atoms with Gasteiger partial charge in [-0.1, -0.05) is 18.9 Å². The lowest BCUT2D eigenvalue weighted by atomic mass is 9.95. The number of hydrogen-bond acceptors (Lipinski definition) is 2. The van der Waals surface area contributed by atoms with Crippen molar-refractivity contribution in [2.24, 2.45) is 5.92 Å². The zero-order valence-electron chi connectivity index (χ0n) is 9.32. The third-order valence-corrected chi connectivity index (χ3v) is 3.46. The van der Waals surface area contributed by atoms with Crippen molar-refractivity contribution in [1.29, 1.82) is 0 Å². The summed E-state index contributed by atoms with van der Waals surface area (Å²) in [6.07, 6.45) is 7.27. The van der Waals surface area contributed by atoms with Crippen LogP contribution in [0.15, 0.2) is 18.3 Å². The van der Waals surface area contributed by atoms with Gasteiger partial charge in [0.2, 0.25) is 0 Å². The standard InChI is InChI=1S/C13H19NO/c1-10-5-4-8-14-12(10)9-13(15)11-6-2-3-7-11/h4-5,8,11,13,15H,2-3,6-7,9H2,1H3. The van der Waals surface area contributed by atoms with Crippen molar-refractivity contribution in [3.63, 3.8) is 0 Å². The number of pyridine rings is 1. The second-order valence-electron chi connectivity index (χ2n) is 4.58. The molecule has 0 aliphatic heterocycles. The van der Waals surface area contributed by atoms with Crippen LogP contribution in [0.4, 0.5) is 0 Å². The molecule has 1 aromatic rings. The van der Waals surface area contributed by atoms with Crippen LogP contribution in [0.5, 0.6) is 0 Å². The van der Waals surface area contributed by atoms with Crippen LogP contribution in [0, 0.1) is 12.8 Å². The molecule has 1 atom stereocenters. The third kappa shape index (κ3) is 2.57. The Hall–Kier alpha value is -0.890. The summed E-state index contributed by atoms with van der Waals surface area (Å²) < 4.78 is 0. The normalized spacial score (nSPS) is 19.3. The molecule has 82 valence electrons. The van der Waals surface area contributed by atoms with Gasteiger partial charge in [-0.05, 0) is 37.3 Å². The van der Waals surface area contributed by atoms with Crippen LogP contribution in [-0.2, 0) is 6.42 Å². The highest BCUT2D eigenvalue weighted by Gasteiger charge is 2.23. The van der Waals surface area contributed by atoms with Crippen LogP contribution < -0.4 is 0 Å². The fraction of sp³-hybridized carbons (Fsp3) is 0.615. The molecule has 2 heteroatoms. The maximum Gasteiger partial charge on any atom is 0.0623 e. The van der Waals surface area contributed by atoms with Crippen molar-refractivity contribution in [2.45, 2.75) is 45.1 Å². The molecule has 1 saturated carbocycles. The molecular formula is C13H19NO. The number of aliphatic hydroxyl groups is 1. The molecule has 1 heterocycles. The maximum atomic E-state index is 10.1. The van der Waals surface area contributed by atoms with Gasteiger partial charge in [0, 0.05) is 18.3 Å². The second kappa shape index (κ2) is 4.75. The van der Waals surface area contributed by atoms with Gasteiger partial charge in [0.1, 0.15) is 0 Å². The highest BCUT2D eigenvalue weighted by Crippen LogP contribution is 2.29. The maximum absolute atomic E-state index is 10.1. The van der Waals surface area contributed by atoms with Gasteiger partial charge in [0.25, 0.3) is 0 Å². The fourth-order valence-electron chi connectivity index (χ4n) is 2.44. The van der Waals surface area contributed by atoms with E-state index in [9.17, 15) is 5.11 Å². The van der Waals surface area contributed by atoms with Crippen LogP contribution >= 0.6 is 0 Å². The molecule has 0 saturated heterocycles. The Labute approximate surface area is 91.4 Å². The number of aliphatic hydroxyl groups excluding tert-OH is 1. The van der Waals surface area contributed by atoms with Gasteiger partial charge in [0.05, 0.1) is 6.10 Å². The number of nitrogens with zero attached hydrogens (tertiary/aromatic N) is 1. The average Bonchev–Trinajstić information content (AvgIpc) is 2.74. The number of hydrogen-bond donors (Lipinski definition) is 1. The lowest BCUT2D eigenvalue weighted by Gasteiger charge is -2.17. The predicted molar refractivity (Wildman–Crippen MR) is 60.6 cm³/mol. The molecule has 1 aliphatic rings. The van der Waals surface area contributed by atoms with Gasteiger partial charge < -0.3 is 5.11 Å². The first-order valence-electron chi connectivity index (χ1n) is 5.86. The van der Waals surface area contributed by atoms with Gasteiger partial charge in [-0.25, -0.2) is 0 Å². The van der Waals surface area contributed by atoms with Crippen LogP contribution in [0.25, 0.3) is 0 Å². The first kappa shape index (κ1) is 10.6. The monoisotopic (exact) mass is 205 g/mol. The summed E-state index contributed by atoms with van der Waals surface area (Å²) in [7, 11) is 0. The van der Waals surface area contributed by atoms with Gasteiger partial charge >= 0.3 is 0 Å². The molecule has 1 fully saturated rings. The molecule has 0 radical (unpaired) electrons. The Balaban J connectivity index is 1.99. The number of aryl methyl sites for hydroxylation is 1.